The summed E-state index contributed by atoms with van der Waals surface area (Å²) in [7, 11) is 0. The Kier molecular flexibility index (Phi) is 7.68. The van der Waals surface area contributed by atoms with Crippen LogP contribution in [0.5, 0.6) is 0 Å². The molecule has 154 valence electrons. The highest BCUT2D eigenvalue weighted by molar-refractivity contribution is 5.94. The molecule has 0 aromatic heterocycles. The van der Waals surface area contributed by atoms with Gasteiger partial charge in [0.15, 0.2) is 0 Å². The molecular weight excluding hydrogens is 356 g/mol. The molecule has 0 spiro atoms. The van der Waals surface area contributed by atoms with Crippen LogP contribution >= 0.6 is 0 Å². The third-order valence-corrected chi connectivity index (χ3v) is 5.47. The van der Waals surface area contributed by atoms with Crippen LogP contribution in [0.3, 0.4) is 0 Å². The fourth-order valence-electron chi connectivity index (χ4n) is 3.88. The molecule has 7 heteroatoms. The number of rotatable bonds is 6. The molecule has 1 aromatic carbocycles. The predicted octanol–water partition coefficient (Wildman–Crippen LogP) is 1.66. The van der Waals surface area contributed by atoms with E-state index in [0.717, 1.165) is 57.8 Å². The summed E-state index contributed by atoms with van der Waals surface area (Å²) in [5.41, 5.74) is 1.82. The molecule has 2 aliphatic heterocycles. The summed E-state index contributed by atoms with van der Waals surface area (Å²) in [5, 5.41) is 5.90. The van der Waals surface area contributed by atoms with Gasteiger partial charge in [-0.05, 0) is 37.5 Å². The first-order valence-corrected chi connectivity index (χ1v) is 10.4. The maximum atomic E-state index is 12.6. The van der Waals surface area contributed by atoms with Crippen LogP contribution in [0.2, 0.25) is 0 Å². The molecule has 0 bridgehead atoms. The Bertz CT molecular complexity index is 661. The van der Waals surface area contributed by atoms with Gasteiger partial charge in [0, 0.05) is 57.3 Å². The average molecular weight is 389 g/mol. The quantitative estimate of drug-likeness (QED) is 0.777. The van der Waals surface area contributed by atoms with E-state index in [1.165, 1.54) is 0 Å². The number of hydrogen-bond acceptors (Lipinski definition) is 4. The van der Waals surface area contributed by atoms with Gasteiger partial charge in [-0.15, -0.1) is 0 Å². The number of hydrogen-bond donors (Lipinski definition) is 2. The Balaban J connectivity index is 1.53. The van der Waals surface area contributed by atoms with Crippen molar-refractivity contribution in [3.05, 3.63) is 35.4 Å². The number of nitrogens with one attached hydrogen (secondary N) is 2. The summed E-state index contributed by atoms with van der Waals surface area (Å²) in [4.78, 5) is 28.9. The van der Waals surface area contributed by atoms with Gasteiger partial charge < -0.3 is 20.3 Å². The summed E-state index contributed by atoms with van der Waals surface area (Å²) < 4.78 is 5.35. The maximum absolute atomic E-state index is 12.6. The van der Waals surface area contributed by atoms with Crippen molar-refractivity contribution in [2.24, 2.45) is 0 Å². The van der Waals surface area contributed by atoms with Crippen LogP contribution in [0.15, 0.2) is 24.3 Å². The van der Waals surface area contributed by atoms with Crippen LogP contribution in [0.4, 0.5) is 4.79 Å². The maximum Gasteiger partial charge on any atom is 0.317 e. The zero-order chi connectivity index (χ0) is 19.8. The lowest BCUT2D eigenvalue weighted by atomic mass is 9.89. The van der Waals surface area contributed by atoms with Gasteiger partial charge in [0.25, 0.3) is 5.91 Å². The lowest BCUT2D eigenvalue weighted by Gasteiger charge is -2.33. The summed E-state index contributed by atoms with van der Waals surface area (Å²) in [6.45, 7) is 8.94. The molecule has 2 N–H and O–H groups in total. The lowest BCUT2D eigenvalue weighted by Crippen LogP contribution is -2.44. The predicted molar refractivity (Wildman–Crippen MR) is 109 cm³/mol. The molecule has 1 aromatic rings. The molecule has 1 atom stereocenters. The molecule has 0 aliphatic carbocycles. The second-order valence-corrected chi connectivity index (χ2v) is 7.46. The molecular formula is C21H32N4O3. The number of carbonyl (C=O) groups is 2. The van der Waals surface area contributed by atoms with E-state index >= 15 is 0 Å². The topological polar surface area (TPSA) is 73.9 Å². The molecule has 0 saturated carbocycles. The Morgan fingerprint density at radius 1 is 1.18 bits per heavy atom. The van der Waals surface area contributed by atoms with Crippen molar-refractivity contribution in [2.75, 3.05) is 59.0 Å². The van der Waals surface area contributed by atoms with Gasteiger partial charge in [-0.2, -0.15) is 0 Å². The normalized spacial score (nSPS) is 20.6. The van der Waals surface area contributed by atoms with Crippen molar-refractivity contribution >= 4 is 11.9 Å². The molecule has 7 nitrogen and oxygen atoms in total. The van der Waals surface area contributed by atoms with Gasteiger partial charge in [-0.25, -0.2) is 4.79 Å². The number of ether oxygens (including phenoxy) is 1. The number of piperidine rings is 1. The molecule has 2 aliphatic rings. The van der Waals surface area contributed by atoms with E-state index in [2.05, 4.69) is 21.6 Å². The zero-order valence-corrected chi connectivity index (χ0v) is 16.8. The summed E-state index contributed by atoms with van der Waals surface area (Å²) in [6, 6.07) is 7.85. The van der Waals surface area contributed by atoms with Crippen molar-refractivity contribution in [3.63, 3.8) is 0 Å². The summed E-state index contributed by atoms with van der Waals surface area (Å²) >= 11 is 0. The van der Waals surface area contributed by atoms with E-state index in [1.807, 2.05) is 30.0 Å². The SMILES string of the molecule is CCNC(=O)N1CCC[C@@H](c2cccc(C(=O)NCCN3CCOCC3)c2)C1. The molecule has 2 fully saturated rings. The number of nitrogens with zero attached hydrogens (tertiary/aromatic N) is 2. The highest BCUT2D eigenvalue weighted by Gasteiger charge is 2.25. The molecule has 2 heterocycles. The second-order valence-electron chi connectivity index (χ2n) is 7.46. The Hall–Kier alpha value is -2.12. The second kappa shape index (κ2) is 10.4. The van der Waals surface area contributed by atoms with Crippen LogP contribution in [-0.4, -0.2) is 80.8 Å². The molecule has 0 unspecified atom stereocenters. The van der Waals surface area contributed by atoms with Crippen molar-refractivity contribution in [1.29, 1.82) is 0 Å². The Morgan fingerprint density at radius 2 is 2.00 bits per heavy atom. The van der Waals surface area contributed by atoms with Crippen molar-refractivity contribution in [2.45, 2.75) is 25.7 Å². The van der Waals surface area contributed by atoms with E-state index in [9.17, 15) is 9.59 Å². The first kappa shape index (κ1) is 20.6. The Morgan fingerprint density at radius 3 is 2.79 bits per heavy atom. The first-order valence-electron chi connectivity index (χ1n) is 10.4. The van der Waals surface area contributed by atoms with E-state index in [4.69, 9.17) is 4.74 Å². The van der Waals surface area contributed by atoms with E-state index in [-0.39, 0.29) is 17.9 Å². The minimum atomic E-state index is -0.0356. The summed E-state index contributed by atoms with van der Waals surface area (Å²) in [5.74, 6) is 0.240. The molecule has 2 saturated heterocycles. The minimum absolute atomic E-state index is 0.00390. The van der Waals surface area contributed by atoms with Gasteiger partial charge in [-0.1, -0.05) is 12.1 Å². The van der Waals surface area contributed by atoms with Gasteiger partial charge in [-0.3, -0.25) is 9.69 Å². The number of likely N-dealkylation sites (tertiary alicyclic amines) is 1. The van der Waals surface area contributed by atoms with E-state index < -0.39 is 0 Å². The van der Waals surface area contributed by atoms with Crippen LogP contribution < -0.4 is 10.6 Å². The van der Waals surface area contributed by atoms with Crippen molar-refractivity contribution in [1.82, 2.24) is 20.4 Å². The number of morpholine rings is 1. The van der Waals surface area contributed by atoms with Crippen LogP contribution in [-0.2, 0) is 4.74 Å². The highest BCUT2D eigenvalue weighted by Crippen LogP contribution is 2.27. The fourth-order valence-corrected chi connectivity index (χ4v) is 3.88. The average Bonchev–Trinajstić information content (AvgIpc) is 2.75. The van der Waals surface area contributed by atoms with Gasteiger partial charge >= 0.3 is 6.03 Å². The zero-order valence-electron chi connectivity index (χ0n) is 16.8. The Labute approximate surface area is 167 Å². The molecule has 0 radical (unpaired) electrons. The largest absolute Gasteiger partial charge is 0.379 e. The van der Waals surface area contributed by atoms with E-state index in [0.29, 0.717) is 25.2 Å². The third-order valence-electron chi connectivity index (χ3n) is 5.47. The summed E-state index contributed by atoms with van der Waals surface area (Å²) in [6.07, 6.45) is 2.02. The van der Waals surface area contributed by atoms with Crippen molar-refractivity contribution in [3.8, 4) is 0 Å². The minimum Gasteiger partial charge on any atom is -0.379 e. The number of benzene rings is 1. The smallest absolute Gasteiger partial charge is 0.317 e. The lowest BCUT2D eigenvalue weighted by molar-refractivity contribution is 0.0383. The van der Waals surface area contributed by atoms with Gasteiger partial charge in [0.05, 0.1) is 13.2 Å². The van der Waals surface area contributed by atoms with Crippen LogP contribution in [0, 0.1) is 0 Å². The molecule has 28 heavy (non-hydrogen) atoms. The first-order chi connectivity index (χ1) is 13.7. The van der Waals surface area contributed by atoms with Gasteiger partial charge in [0.1, 0.15) is 0 Å². The van der Waals surface area contributed by atoms with Crippen molar-refractivity contribution < 1.29 is 14.3 Å². The number of urea groups is 1. The highest BCUT2D eigenvalue weighted by atomic mass is 16.5. The number of amides is 3. The monoisotopic (exact) mass is 388 g/mol. The number of carbonyl (C=O) groups excluding carboxylic acids is 2. The van der Waals surface area contributed by atoms with Gasteiger partial charge in [0.2, 0.25) is 0 Å². The third kappa shape index (κ3) is 5.69. The van der Waals surface area contributed by atoms with Crippen LogP contribution in [0.25, 0.3) is 0 Å². The molecule has 3 rings (SSSR count). The van der Waals surface area contributed by atoms with Crippen LogP contribution in [0.1, 0.15) is 41.6 Å². The molecule has 3 amide bonds. The standard InChI is InChI=1S/C21H32N4O3/c1-2-22-21(27)25-9-4-7-19(16-25)17-5-3-6-18(15-17)20(26)23-8-10-24-11-13-28-14-12-24/h3,5-6,15,19H,2,4,7-14,16H2,1H3,(H,22,27)(H,23,26)/t19-/m1/s1. The fraction of sp³-hybridized carbons (Fsp3) is 0.619. The van der Waals surface area contributed by atoms with E-state index in [1.54, 1.807) is 0 Å².